The maximum atomic E-state index is 14.1. The quantitative estimate of drug-likeness (QED) is 0.341. The first kappa shape index (κ1) is 26.9. The van der Waals surface area contributed by atoms with E-state index in [2.05, 4.69) is 12.2 Å². The van der Waals surface area contributed by atoms with Crippen LogP contribution in [0, 0.1) is 5.92 Å². The van der Waals surface area contributed by atoms with E-state index in [1.165, 1.54) is 0 Å². The van der Waals surface area contributed by atoms with Gasteiger partial charge in [0.1, 0.15) is 0 Å². The number of anilines is 1. The normalized spacial score (nSPS) is 24.5. The van der Waals surface area contributed by atoms with Gasteiger partial charge < -0.3 is 15.1 Å². The second-order valence-electron chi connectivity index (χ2n) is 11.1. The van der Waals surface area contributed by atoms with Crippen LogP contribution in [0.1, 0.15) is 50.2 Å². The highest BCUT2D eigenvalue weighted by atomic mass is 16.4. The average molecular weight is 528 g/mol. The molecular formula is C32H37N3O4. The third kappa shape index (κ3) is 5.70. The summed E-state index contributed by atoms with van der Waals surface area (Å²) in [4.78, 5) is 29.7. The maximum absolute atomic E-state index is 14.1. The van der Waals surface area contributed by atoms with E-state index < -0.39 is 23.5 Å². The molecule has 7 nitrogen and oxygen atoms in total. The van der Waals surface area contributed by atoms with Gasteiger partial charge in [-0.25, -0.2) is 9.69 Å². The van der Waals surface area contributed by atoms with Gasteiger partial charge in [-0.2, -0.15) is 0 Å². The Morgan fingerprint density at radius 1 is 0.949 bits per heavy atom. The van der Waals surface area contributed by atoms with E-state index in [-0.39, 0.29) is 18.7 Å². The van der Waals surface area contributed by atoms with Crippen molar-refractivity contribution in [3.05, 3.63) is 102 Å². The number of hydrogen-bond acceptors (Lipinski definition) is 4. The van der Waals surface area contributed by atoms with Crippen molar-refractivity contribution in [3.63, 3.8) is 0 Å². The molecule has 2 fully saturated rings. The summed E-state index contributed by atoms with van der Waals surface area (Å²) in [5.41, 5.74) is -0.194. The van der Waals surface area contributed by atoms with Crippen LogP contribution in [0.2, 0.25) is 0 Å². The molecule has 7 heteroatoms. The molecule has 2 atom stereocenters. The summed E-state index contributed by atoms with van der Waals surface area (Å²) >= 11 is 0. The van der Waals surface area contributed by atoms with E-state index in [0.717, 1.165) is 41.7 Å². The lowest BCUT2D eigenvalue weighted by Gasteiger charge is -2.43. The highest BCUT2D eigenvalue weighted by molar-refractivity contribution is 5.89. The number of nitrogens with zero attached hydrogens (tertiary/aromatic N) is 2. The summed E-state index contributed by atoms with van der Waals surface area (Å²) in [5, 5.41) is 26.2. The van der Waals surface area contributed by atoms with Gasteiger partial charge in [-0.05, 0) is 54.9 Å². The predicted octanol–water partition coefficient (Wildman–Crippen LogP) is 5.40. The Kier molecular flexibility index (Phi) is 7.73. The molecule has 2 aliphatic rings. The Morgan fingerprint density at radius 2 is 1.49 bits per heavy atom. The molecule has 1 aliphatic heterocycles. The minimum absolute atomic E-state index is 0.0449. The second kappa shape index (κ2) is 11.2. The van der Waals surface area contributed by atoms with Crippen LogP contribution in [-0.2, 0) is 17.8 Å². The number of hydrogen-bond donors (Lipinski definition) is 3. The Bertz CT molecular complexity index is 1260. The van der Waals surface area contributed by atoms with E-state index in [1.54, 1.807) is 30.3 Å². The molecule has 2 amide bonds. The molecule has 39 heavy (non-hydrogen) atoms. The SMILES string of the molecule is CC1CCC2(CC1)N[C@@H](C[C@@](O)(Cc1ccccc1)N(C(=O)O)c1ccccc1)C(=O)N2Cc1ccccc1. The minimum atomic E-state index is -1.87. The number of amides is 2. The standard InChI is InChI=1S/C32H37N3O4/c1-24-17-19-31(20-18-24)33-28(29(36)34(31)23-26-13-7-3-8-14-26)22-32(39,21-25-11-5-2-6-12-25)35(30(37)38)27-15-9-4-10-16-27/h2-16,24,28,33,39H,17-23H2,1H3,(H,37,38)/t24?,28-,31?,32-/m0/s1. The molecule has 5 rings (SSSR count). The third-order valence-corrected chi connectivity index (χ3v) is 8.29. The summed E-state index contributed by atoms with van der Waals surface area (Å²) in [7, 11) is 0. The number of rotatable bonds is 8. The molecule has 1 saturated heterocycles. The lowest BCUT2D eigenvalue weighted by Crippen LogP contribution is -2.58. The van der Waals surface area contributed by atoms with Crippen LogP contribution in [0.4, 0.5) is 10.5 Å². The molecule has 3 aromatic carbocycles. The van der Waals surface area contributed by atoms with Crippen LogP contribution < -0.4 is 10.2 Å². The lowest BCUT2D eigenvalue weighted by molar-refractivity contribution is -0.135. The van der Waals surface area contributed by atoms with Crippen molar-refractivity contribution < 1.29 is 19.8 Å². The second-order valence-corrected chi connectivity index (χ2v) is 11.1. The fourth-order valence-corrected chi connectivity index (χ4v) is 6.25. The maximum Gasteiger partial charge on any atom is 0.414 e. The summed E-state index contributed by atoms with van der Waals surface area (Å²) in [6, 6.07) is 27.2. The Morgan fingerprint density at radius 3 is 2.05 bits per heavy atom. The number of carbonyl (C=O) groups is 2. The first-order valence-electron chi connectivity index (χ1n) is 13.8. The van der Waals surface area contributed by atoms with Crippen molar-refractivity contribution in [1.82, 2.24) is 10.2 Å². The summed E-state index contributed by atoms with van der Waals surface area (Å²) in [6.45, 7) is 2.71. The molecule has 1 aliphatic carbocycles. The molecular weight excluding hydrogens is 490 g/mol. The van der Waals surface area contributed by atoms with Crippen molar-refractivity contribution in [2.45, 2.75) is 69.4 Å². The largest absolute Gasteiger partial charge is 0.465 e. The number of aliphatic hydroxyl groups is 1. The zero-order chi connectivity index (χ0) is 27.5. The third-order valence-electron chi connectivity index (χ3n) is 8.29. The minimum Gasteiger partial charge on any atom is -0.465 e. The van der Waals surface area contributed by atoms with Gasteiger partial charge in [0.05, 0.1) is 11.7 Å². The van der Waals surface area contributed by atoms with Gasteiger partial charge in [0.15, 0.2) is 5.72 Å². The fourth-order valence-electron chi connectivity index (χ4n) is 6.25. The summed E-state index contributed by atoms with van der Waals surface area (Å²) < 4.78 is 0. The molecule has 0 unspecified atom stereocenters. The number of carboxylic acid groups (broad SMARTS) is 1. The van der Waals surface area contributed by atoms with Gasteiger partial charge in [-0.3, -0.25) is 10.1 Å². The van der Waals surface area contributed by atoms with Crippen molar-refractivity contribution >= 4 is 17.7 Å². The van der Waals surface area contributed by atoms with Crippen LogP contribution in [0.15, 0.2) is 91.0 Å². The summed E-state index contributed by atoms with van der Waals surface area (Å²) in [6.07, 6.45) is 2.33. The molecule has 204 valence electrons. The van der Waals surface area contributed by atoms with E-state index in [9.17, 15) is 19.8 Å². The zero-order valence-electron chi connectivity index (χ0n) is 22.4. The Labute approximate surface area is 230 Å². The first-order chi connectivity index (χ1) is 18.8. The molecule has 0 aromatic heterocycles. The van der Waals surface area contributed by atoms with Gasteiger partial charge in [-0.15, -0.1) is 0 Å². The highest BCUT2D eigenvalue weighted by Crippen LogP contribution is 2.41. The van der Waals surface area contributed by atoms with Crippen molar-refractivity contribution in [3.8, 4) is 0 Å². The molecule has 1 spiro atoms. The number of carbonyl (C=O) groups excluding carboxylic acids is 1. The molecule has 1 saturated carbocycles. The predicted molar refractivity (Wildman–Crippen MR) is 151 cm³/mol. The molecule has 0 radical (unpaired) electrons. The van der Waals surface area contributed by atoms with Gasteiger partial charge in [-0.1, -0.05) is 85.8 Å². The first-order valence-corrected chi connectivity index (χ1v) is 13.8. The van der Waals surface area contributed by atoms with Gasteiger partial charge in [0, 0.05) is 25.1 Å². The summed E-state index contributed by atoms with van der Waals surface area (Å²) in [5.74, 6) is 0.485. The lowest BCUT2D eigenvalue weighted by atomic mass is 9.82. The Balaban J connectivity index is 1.51. The van der Waals surface area contributed by atoms with Crippen molar-refractivity contribution in [1.29, 1.82) is 0 Å². The van der Waals surface area contributed by atoms with E-state index >= 15 is 0 Å². The molecule has 3 N–H and O–H groups in total. The number of para-hydroxylation sites is 1. The topological polar surface area (TPSA) is 93.1 Å². The van der Waals surface area contributed by atoms with Crippen LogP contribution in [0.25, 0.3) is 0 Å². The van der Waals surface area contributed by atoms with Gasteiger partial charge in [0.2, 0.25) is 5.91 Å². The van der Waals surface area contributed by atoms with E-state index in [1.807, 2.05) is 65.6 Å². The van der Waals surface area contributed by atoms with E-state index in [4.69, 9.17) is 0 Å². The number of benzene rings is 3. The van der Waals surface area contributed by atoms with Crippen LogP contribution >= 0.6 is 0 Å². The molecule has 0 bridgehead atoms. The van der Waals surface area contributed by atoms with E-state index in [0.29, 0.717) is 18.2 Å². The monoisotopic (exact) mass is 527 g/mol. The van der Waals surface area contributed by atoms with Crippen molar-refractivity contribution in [2.24, 2.45) is 5.92 Å². The Hall–Kier alpha value is -3.68. The van der Waals surface area contributed by atoms with Crippen LogP contribution in [0.3, 0.4) is 0 Å². The highest BCUT2D eigenvalue weighted by Gasteiger charge is 2.54. The van der Waals surface area contributed by atoms with Gasteiger partial charge in [0.25, 0.3) is 0 Å². The smallest absolute Gasteiger partial charge is 0.414 e. The number of nitrogens with one attached hydrogen (secondary N) is 1. The fraction of sp³-hybridized carbons (Fsp3) is 0.375. The zero-order valence-corrected chi connectivity index (χ0v) is 22.4. The molecule has 1 heterocycles. The van der Waals surface area contributed by atoms with Crippen LogP contribution in [-0.4, -0.2) is 44.5 Å². The van der Waals surface area contributed by atoms with Crippen molar-refractivity contribution in [2.75, 3.05) is 4.90 Å². The van der Waals surface area contributed by atoms with Crippen LogP contribution in [0.5, 0.6) is 0 Å². The van der Waals surface area contributed by atoms with Gasteiger partial charge >= 0.3 is 6.09 Å². The average Bonchev–Trinajstić information content (AvgIpc) is 3.17. The molecule has 3 aromatic rings.